The molecular weight excluding hydrogens is 297 g/mol. The summed E-state index contributed by atoms with van der Waals surface area (Å²) in [4.78, 5) is 3.93. The van der Waals surface area contributed by atoms with E-state index in [0.717, 1.165) is 11.1 Å². The molecule has 4 heteroatoms. The molecule has 0 fully saturated rings. The maximum absolute atomic E-state index is 12.9. The lowest BCUT2D eigenvalue weighted by molar-refractivity contribution is 0.175. The van der Waals surface area contributed by atoms with Gasteiger partial charge in [0.1, 0.15) is 5.82 Å². The van der Waals surface area contributed by atoms with Crippen LogP contribution in [0.2, 0.25) is 0 Å². The fourth-order valence-electron chi connectivity index (χ4n) is 1.80. The standard InChI is InChI=1S/C14H13BrFNO/c15-14-9-12(16)2-1-11(14)8-13(18)7-10-3-5-17-6-4-10/h1-6,9,13,18H,7-8H2. The molecule has 0 aliphatic rings. The lowest BCUT2D eigenvalue weighted by Gasteiger charge is -2.12. The summed E-state index contributed by atoms with van der Waals surface area (Å²) in [6, 6.07) is 8.26. The van der Waals surface area contributed by atoms with Crippen molar-refractivity contribution in [1.29, 1.82) is 0 Å². The molecule has 2 rings (SSSR count). The lowest BCUT2D eigenvalue weighted by Crippen LogP contribution is -2.14. The Hall–Kier alpha value is -1.26. The van der Waals surface area contributed by atoms with E-state index in [1.54, 1.807) is 18.5 Å². The fourth-order valence-corrected chi connectivity index (χ4v) is 2.32. The average molecular weight is 310 g/mol. The minimum atomic E-state index is -0.492. The average Bonchev–Trinajstić information content (AvgIpc) is 2.34. The van der Waals surface area contributed by atoms with Crippen LogP contribution in [0, 0.1) is 5.82 Å². The van der Waals surface area contributed by atoms with Crippen molar-refractivity contribution < 1.29 is 9.50 Å². The number of pyridine rings is 1. The molecular formula is C14H13BrFNO. The van der Waals surface area contributed by atoms with Gasteiger partial charge in [0.15, 0.2) is 0 Å². The van der Waals surface area contributed by atoms with E-state index in [9.17, 15) is 9.50 Å². The van der Waals surface area contributed by atoms with Gasteiger partial charge in [-0.15, -0.1) is 0 Å². The second-order valence-electron chi connectivity index (χ2n) is 4.15. The van der Waals surface area contributed by atoms with Gasteiger partial charge in [-0.25, -0.2) is 4.39 Å². The summed E-state index contributed by atoms with van der Waals surface area (Å²) in [5, 5.41) is 10.0. The van der Waals surface area contributed by atoms with E-state index in [1.807, 2.05) is 12.1 Å². The zero-order valence-electron chi connectivity index (χ0n) is 9.68. The second-order valence-corrected chi connectivity index (χ2v) is 5.01. The van der Waals surface area contributed by atoms with Gasteiger partial charge in [0.05, 0.1) is 6.10 Å². The maximum atomic E-state index is 12.9. The number of hydrogen-bond donors (Lipinski definition) is 1. The van der Waals surface area contributed by atoms with Crippen LogP contribution in [-0.2, 0) is 12.8 Å². The number of aromatic nitrogens is 1. The highest BCUT2D eigenvalue weighted by Crippen LogP contribution is 2.20. The number of benzene rings is 1. The highest BCUT2D eigenvalue weighted by atomic mass is 79.9. The van der Waals surface area contributed by atoms with E-state index in [4.69, 9.17) is 0 Å². The summed E-state index contributed by atoms with van der Waals surface area (Å²) in [6.07, 6.45) is 3.97. The molecule has 2 nitrogen and oxygen atoms in total. The Morgan fingerprint density at radius 1 is 1.17 bits per heavy atom. The zero-order chi connectivity index (χ0) is 13.0. The van der Waals surface area contributed by atoms with Crippen molar-refractivity contribution in [2.45, 2.75) is 18.9 Å². The molecule has 0 radical (unpaired) electrons. The third kappa shape index (κ3) is 3.62. The van der Waals surface area contributed by atoms with Gasteiger partial charge in [0.25, 0.3) is 0 Å². The molecule has 0 amide bonds. The Labute approximate surface area is 114 Å². The molecule has 94 valence electrons. The van der Waals surface area contributed by atoms with Crippen LogP contribution in [0.3, 0.4) is 0 Å². The molecule has 0 saturated carbocycles. The molecule has 1 aromatic carbocycles. The number of aliphatic hydroxyl groups excluding tert-OH is 1. The van der Waals surface area contributed by atoms with Gasteiger partial charge in [-0.3, -0.25) is 4.98 Å². The van der Waals surface area contributed by atoms with E-state index in [-0.39, 0.29) is 5.82 Å². The van der Waals surface area contributed by atoms with Gasteiger partial charge in [-0.05, 0) is 48.2 Å². The number of aliphatic hydroxyl groups is 1. The molecule has 2 aromatic rings. The van der Waals surface area contributed by atoms with Crippen molar-refractivity contribution in [3.05, 3.63) is 64.1 Å². The van der Waals surface area contributed by atoms with Gasteiger partial charge < -0.3 is 5.11 Å². The first-order chi connectivity index (χ1) is 8.65. The minimum Gasteiger partial charge on any atom is -0.392 e. The molecule has 0 bridgehead atoms. The molecule has 18 heavy (non-hydrogen) atoms. The molecule has 0 aliphatic carbocycles. The summed E-state index contributed by atoms with van der Waals surface area (Å²) < 4.78 is 13.6. The molecule has 1 heterocycles. The molecule has 0 aliphatic heterocycles. The zero-order valence-corrected chi connectivity index (χ0v) is 11.3. The molecule has 1 N–H and O–H groups in total. The molecule has 1 unspecified atom stereocenters. The number of hydrogen-bond acceptors (Lipinski definition) is 2. The summed E-state index contributed by atoms with van der Waals surface area (Å²) in [7, 11) is 0. The van der Waals surface area contributed by atoms with Crippen molar-refractivity contribution in [3.63, 3.8) is 0 Å². The number of nitrogens with zero attached hydrogens (tertiary/aromatic N) is 1. The Balaban J connectivity index is 2.01. The highest BCUT2D eigenvalue weighted by molar-refractivity contribution is 9.10. The van der Waals surface area contributed by atoms with Gasteiger partial charge in [0.2, 0.25) is 0 Å². The van der Waals surface area contributed by atoms with Crippen LogP contribution >= 0.6 is 15.9 Å². The van der Waals surface area contributed by atoms with E-state index >= 15 is 0 Å². The summed E-state index contributed by atoms with van der Waals surface area (Å²) in [5.41, 5.74) is 1.94. The first-order valence-electron chi connectivity index (χ1n) is 5.66. The Morgan fingerprint density at radius 2 is 1.89 bits per heavy atom. The number of rotatable bonds is 4. The van der Waals surface area contributed by atoms with Crippen molar-refractivity contribution in [1.82, 2.24) is 4.98 Å². The Kier molecular flexibility index (Phi) is 4.44. The third-order valence-corrected chi connectivity index (χ3v) is 3.43. The molecule has 1 atom stereocenters. The summed E-state index contributed by atoms with van der Waals surface area (Å²) in [6.45, 7) is 0. The van der Waals surface area contributed by atoms with Crippen LogP contribution < -0.4 is 0 Å². The van der Waals surface area contributed by atoms with Crippen molar-refractivity contribution in [2.24, 2.45) is 0 Å². The topological polar surface area (TPSA) is 33.1 Å². The van der Waals surface area contributed by atoms with E-state index in [2.05, 4.69) is 20.9 Å². The molecule has 0 saturated heterocycles. The second kappa shape index (κ2) is 6.07. The SMILES string of the molecule is OC(Cc1ccncc1)Cc1ccc(F)cc1Br. The van der Waals surface area contributed by atoms with E-state index in [1.165, 1.54) is 12.1 Å². The fraction of sp³-hybridized carbons (Fsp3) is 0.214. The van der Waals surface area contributed by atoms with E-state index in [0.29, 0.717) is 17.3 Å². The quantitative estimate of drug-likeness (QED) is 0.941. The Morgan fingerprint density at radius 3 is 2.56 bits per heavy atom. The summed E-state index contributed by atoms with van der Waals surface area (Å²) in [5.74, 6) is -0.283. The van der Waals surface area contributed by atoms with Crippen molar-refractivity contribution in [3.8, 4) is 0 Å². The normalized spacial score (nSPS) is 12.4. The third-order valence-electron chi connectivity index (χ3n) is 2.69. The highest BCUT2D eigenvalue weighted by Gasteiger charge is 2.09. The maximum Gasteiger partial charge on any atom is 0.124 e. The van der Waals surface area contributed by atoms with Gasteiger partial charge >= 0.3 is 0 Å². The van der Waals surface area contributed by atoms with Gasteiger partial charge in [-0.1, -0.05) is 22.0 Å². The van der Waals surface area contributed by atoms with Crippen LogP contribution in [-0.4, -0.2) is 16.2 Å². The van der Waals surface area contributed by atoms with Crippen LogP contribution in [0.5, 0.6) is 0 Å². The monoisotopic (exact) mass is 309 g/mol. The van der Waals surface area contributed by atoms with Crippen molar-refractivity contribution >= 4 is 15.9 Å². The van der Waals surface area contributed by atoms with E-state index < -0.39 is 6.10 Å². The lowest BCUT2D eigenvalue weighted by atomic mass is 10.0. The largest absolute Gasteiger partial charge is 0.392 e. The van der Waals surface area contributed by atoms with Gasteiger partial charge in [-0.2, -0.15) is 0 Å². The molecule has 0 spiro atoms. The van der Waals surface area contributed by atoms with Gasteiger partial charge in [0, 0.05) is 16.9 Å². The Bertz CT molecular complexity index is 518. The first-order valence-corrected chi connectivity index (χ1v) is 6.45. The minimum absolute atomic E-state index is 0.283. The smallest absolute Gasteiger partial charge is 0.124 e. The predicted octanol–water partition coefficient (Wildman–Crippen LogP) is 3.13. The predicted molar refractivity (Wildman–Crippen MR) is 71.8 cm³/mol. The first kappa shape index (κ1) is 13.2. The van der Waals surface area contributed by atoms with Crippen LogP contribution in [0.15, 0.2) is 47.2 Å². The van der Waals surface area contributed by atoms with Crippen LogP contribution in [0.4, 0.5) is 4.39 Å². The van der Waals surface area contributed by atoms with Crippen LogP contribution in [0.1, 0.15) is 11.1 Å². The number of halogens is 2. The van der Waals surface area contributed by atoms with Crippen LogP contribution in [0.25, 0.3) is 0 Å². The van der Waals surface area contributed by atoms with Crippen molar-refractivity contribution in [2.75, 3.05) is 0 Å². The summed E-state index contributed by atoms with van der Waals surface area (Å²) >= 11 is 3.30. The molecule has 1 aromatic heterocycles.